The number of rotatable bonds is 3. The van der Waals surface area contributed by atoms with Crippen molar-refractivity contribution in [2.24, 2.45) is 5.73 Å². The van der Waals surface area contributed by atoms with Gasteiger partial charge in [-0.2, -0.15) is 0 Å². The highest BCUT2D eigenvalue weighted by Crippen LogP contribution is 2.26. The molecule has 1 aromatic carbocycles. The number of piperazine rings is 1. The molecule has 1 saturated heterocycles. The van der Waals surface area contributed by atoms with Crippen molar-refractivity contribution >= 4 is 17.3 Å². The van der Waals surface area contributed by atoms with E-state index in [4.69, 9.17) is 11.5 Å². The van der Waals surface area contributed by atoms with Crippen molar-refractivity contribution in [3.63, 3.8) is 0 Å². The third-order valence-electron chi connectivity index (χ3n) is 3.54. The second-order valence-corrected chi connectivity index (χ2v) is 4.68. The molecule has 4 N–H and O–H groups in total. The van der Waals surface area contributed by atoms with Gasteiger partial charge in [-0.1, -0.05) is 6.92 Å². The van der Waals surface area contributed by atoms with E-state index in [0.29, 0.717) is 5.69 Å². The van der Waals surface area contributed by atoms with Crippen molar-refractivity contribution in [2.75, 3.05) is 43.4 Å². The van der Waals surface area contributed by atoms with E-state index in [2.05, 4.69) is 11.8 Å². The summed E-state index contributed by atoms with van der Waals surface area (Å²) in [5.74, 6) is -1.04. The molecule has 0 atom stereocenters. The minimum absolute atomic E-state index is 0.0842. The Hall–Kier alpha value is -1.82. The maximum atomic E-state index is 14.0. The molecule has 1 fully saturated rings. The number of primary amides is 1. The number of carbonyl (C=O) groups is 1. The van der Waals surface area contributed by atoms with E-state index in [1.807, 2.05) is 4.90 Å². The number of hydrogen-bond acceptors (Lipinski definition) is 4. The van der Waals surface area contributed by atoms with E-state index in [1.165, 1.54) is 12.1 Å². The van der Waals surface area contributed by atoms with Crippen molar-refractivity contribution in [1.82, 2.24) is 4.90 Å². The smallest absolute Gasteiger partial charge is 0.250 e. The van der Waals surface area contributed by atoms with E-state index >= 15 is 0 Å². The van der Waals surface area contributed by atoms with Crippen LogP contribution >= 0.6 is 0 Å². The number of likely N-dealkylation sites (N-methyl/N-ethyl adjacent to an activating group) is 1. The predicted molar refractivity (Wildman–Crippen MR) is 73.7 cm³/mol. The second kappa shape index (κ2) is 5.44. The molecule has 0 saturated carbocycles. The van der Waals surface area contributed by atoms with E-state index in [-0.39, 0.29) is 11.3 Å². The van der Waals surface area contributed by atoms with Gasteiger partial charge in [0.2, 0.25) is 0 Å². The molecule has 0 aliphatic carbocycles. The highest BCUT2D eigenvalue weighted by molar-refractivity contribution is 5.99. The Morgan fingerprint density at radius 2 is 1.95 bits per heavy atom. The van der Waals surface area contributed by atoms with Gasteiger partial charge in [0.05, 0.1) is 11.3 Å². The molecule has 6 heteroatoms. The number of amides is 1. The van der Waals surface area contributed by atoms with Crippen LogP contribution in [0.5, 0.6) is 0 Å². The lowest BCUT2D eigenvalue weighted by molar-refractivity contribution is 0.100. The molecule has 104 valence electrons. The van der Waals surface area contributed by atoms with Gasteiger partial charge in [0.25, 0.3) is 5.91 Å². The summed E-state index contributed by atoms with van der Waals surface area (Å²) >= 11 is 0. The first-order valence-corrected chi connectivity index (χ1v) is 6.39. The standard InChI is InChI=1S/C13H19FN4O/c1-2-17-3-5-18(6-4-17)12-7-9(13(16)19)11(15)8-10(12)14/h7-8H,2-6,15H2,1H3,(H2,16,19). The number of nitrogen functional groups attached to an aromatic ring is 1. The number of benzene rings is 1. The number of nitrogens with zero attached hydrogens (tertiary/aromatic N) is 2. The molecule has 0 spiro atoms. The molecule has 5 nitrogen and oxygen atoms in total. The van der Waals surface area contributed by atoms with E-state index in [0.717, 1.165) is 32.7 Å². The van der Waals surface area contributed by atoms with Crippen LogP contribution in [0.1, 0.15) is 17.3 Å². The lowest BCUT2D eigenvalue weighted by Gasteiger charge is -2.35. The third kappa shape index (κ3) is 2.78. The fourth-order valence-electron chi connectivity index (χ4n) is 2.34. The number of hydrogen-bond donors (Lipinski definition) is 2. The van der Waals surface area contributed by atoms with Gasteiger partial charge in [0, 0.05) is 31.9 Å². The first-order valence-electron chi connectivity index (χ1n) is 6.39. The minimum Gasteiger partial charge on any atom is -0.398 e. The lowest BCUT2D eigenvalue weighted by atomic mass is 10.1. The van der Waals surface area contributed by atoms with Crippen LogP contribution < -0.4 is 16.4 Å². The van der Waals surface area contributed by atoms with Crippen LogP contribution in [-0.4, -0.2) is 43.5 Å². The Morgan fingerprint density at radius 1 is 1.32 bits per heavy atom. The molecule has 1 aliphatic heterocycles. The third-order valence-corrected chi connectivity index (χ3v) is 3.54. The van der Waals surface area contributed by atoms with Crippen LogP contribution in [0.2, 0.25) is 0 Å². The molecule has 1 aromatic rings. The van der Waals surface area contributed by atoms with Crippen molar-refractivity contribution in [3.05, 3.63) is 23.5 Å². The van der Waals surface area contributed by atoms with Gasteiger partial charge < -0.3 is 21.3 Å². The van der Waals surface area contributed by atoms with E-state index in [1.54, 1.807) is 0 Å². The molecule has 1 heterocycles. The van der Waals surface area contributed by atoms with E-state index in [9.17, 15) is 9.18 Å². The number of nitrogens with two attached hydrogens (primary N) is 2. The number of anilines is 2. The summed E-state index contributed by atoms with van der Waals surface area (Å²) in [5.41, 5.74) is 11.5. The van der Waals surface area contributed by atoms with Gasteiger partial charge in [0.15, 0.2) is 0 Å². The Kier molecular flexibility index (Phi) is 3.90. The van der Waals surface area contributed by atoms with Gasteiger partial charge in [0.1, 0.15) is 5.82 Å². The Labute approximate surface area is 112 Å². The minimum atomic E-state index is -0.633. The molecule has 2 rings (SSSR count). The highest BCUT2D eigenvalue weighted by Gasteiger charge is 2.20. The number of carbonyl (C=O) groups excluding carboxylic acids is 1. The Bertz CT molecular complexity index is 484. The van der Waals surface area contributed by atoms with Crippen LogP contribution in [-0.2, 0) is 0 Å². The molecular formula is C13H19FN4O. The molecule has 0 radical (unpaired) electrons. The lowest BCUT2D eigenvalue weighted by Crippen LogP contribution is -2.46. The average molecular weight is 266 g/mol. The zero-order valence-corrected chi connectivity index (χ0v) is 11.0. The maximum Gasteiger partial charge on any atom is 0.250 e. The van der Waals surface area contributed by atoms with Gasteiger partial charge in [-0.25, -0.2) is 4.39 Å². The summed E-state index contributed by atoms with van der Waals surface area (Å²) in [5, 5.41) is 0. The molecule has 1 amide bonds. The molecule has 0 aromatic heterocycles. The first-order chi connectivity index (χ1) is 9.02. The number of halogens is 1. The van der Waals surface area contributed by atoms with Crippen molar-refractivity contribution in [1.29, 1.82) is 0 Å². The molecule has 0 unspecified atom stereocenters. The quantitative estimate of drug-likeness (QED) is 0.788. The van der Waals surface area contributed by atoms with E-state index < -0.39 is 11.7 Å². The van der Waals surface area contributed by atoms with Crippen LogP contribution in [0, 0.1) is 5.82 Å². The van der Waals surface area contributed by atoms with Crippen LogP contribution in [0.3, 0.4) is 0 Å². The molecular weight excluding hydrogens is 247 g/mol. The summed E-state index contributed by atoms with van der Waals surface area (Å²) in [4.78, 5) is 15.5. The van der Waals surface area contributed by atoms with Gasteiger partial charge in [-0.05, 0) is 18.7 Å². The average Bonchev–Trinajstić information content (AvgIpc) is 2.38. The van der Waals surface area contributed by atoms with Crippen LogP contribution in [0.25, 0.3) is 0 Å². The van der Waals surface area contributed by atoms with Crippen molar-refractivity contribution in [2.45, 2.75) is 6.92 Å². The Balaban J connectivity index is 2.25. The molecule has 19 heavy (non-hydrogen) atoms. The predicted octanol–water partition coefficient (Wildman–Crippen LogP) is 0.649. The summed E-state index contributed by atoms with van der Waals surface area (Å²) in [6.07, 6.45) is 0. The van der Waals surface area contributed by atoms with Crippen molar-refractivity contribution in [3.8, 4) is 0 Å². The van der Waals surface area contributed by atoms with Crippen LogP contribution in [0.15, 0.2) is 12.1 Å². The van der Waals surface area contributed by atoms with Gasteiger partial charge in [-0.15, -0.1) is 0 Å². The fraction of sp³-hybridized carbons (Fsp3) is 0.462. The van der Waals surface area contributed by atoms with Gasteiger partial charge in [-0.3, -0.25) is 4.79 Å². The summed E-state index contributed by atoms with van der Waals surface area (Å²) in [6.45, 7) is 6.31. The van der Waals surface area contributed by atoms with Crippen molar-refractivity contribution < 1.29 is 9.18 Å². The maximum absolute atomic E-state index is 14.0. The SMILES string of the molecule is CCN1CCN(c2cc(C(N)=O)c(N)cc2F)CC1. The topological polar surface area (TPSA) is 75.6 Å². The molecule has 0 bridgehead atoms. The normalized spacial score (nSPS) is 16.6. The Morgan fingerprint density at radius 3 is 2.47 bits per heavy atom. The highest BCUT2D eigenvalue weighted by atomic mass is 19.1. The van der Waals surface area contributed by atoms with Gasteiger partial charge >= 0.3 is 0 Å². The monoisotopic (exact) mass is 266 g/mol. The second-order valence-electron chi connectivity index (χ2n) is 4.68. The summed E-state index contributed by atoms with van der Waals surface area (Å²) in [7, 11) is 0. The summed E-state index contributed by atoms with van der Waals surface area (Å²) < 4.78 is 14.0. The summed E-state index contributed by atoms with van der Waals surface area (Å²) in [6, 6.07) is 2.62. The van der Waals surface area contributed by atoms with Crippen LogP contribution in [0.4, 0.5) is 15.8 Å². The molecule has 1 aliphatic rings. The largest absolute Gasteiger partial charge is 0.398 e. The first kappa shape index (κ1) is 13.6. The zero-order valence-electron chi connectivity index (χ0n) is 11.0. The zero-order chi connectivity index (χ0) is 14.0. The fourth-order valence-corrected chi connectivity index (χ4v) is 2.34.